The van der Waals surface area contributed by atoms with E-state index in [4.69, 9.17) is 10.4 Å². The number of imidazole rings is 1. The lowest BCUT2D eigenvalue weighted by molar-refractivity contribution is -0.702. The summed E-state index contributed by atoms with van der Waals surface area (Å²) < 4.78 is 3.91. The van der Waals surface area contributed by atoms with E-state index in [2.05, 4.69) is 13.0 Å². The molecular formula is C14H22N3O2+. The summed E-state index contributed by atoms with van der Waals surface area (Å²) in [7, 11) is 0. The van der Waals surface area contributed by atoms with Crippen molar-refractivity contribution >= 4 is 5.97 Å². The predicted molar refractivity (Wildman–Crippen MR) is 70.5 cm³/mol. The molecule has 0 atom stereocenters. The fraction of sp³-hybridized carbons (Fsp3) is 0.643. The van der Waals surface area contributed by atoms with Gasteiger partial charge in [0.15, 0.2) is 6.54 Å². The quantitative estimate of drug-likeness (QED) is 0.726. The van der Waals surface area contributed by atoms with Gasteiger partial charge < -0.3 is 5.11 Å². The summed E-state index contributed by atoms with van der Waals surface area (Å²) in [5.74, 6) is 0.166. The number of aliphatic carboxylic acids is 1. The van der Waals surface area contributed by atoms with Crippen molar-refractivity contribution < 1.29 is 14.5 Å². The first-order valence-corrected chi connectivity index (χ1v) is 6.83. The molecule has 5 heteroatoms. The number of unbranched alkanes of at least 4 members (excludes halogenated alkanes) is 1. The van der Waals surface area contributed by atoms with Gasteiger partial charge in [-0.2, -0.15) is 5.26 Å². The van der Waals surface area contributed by atoms with Crippen molar-refractivity contribution in [1.29, 1.82) is 5.26 Å². The summed E-state index contributed by atoms with van der Waals surface area (Å²) in [4.78, 5) is 11.0. The molecule has 5 nitrogen and oxygen atoms in total. The SMILES string of the molecule is CCCCc1c[n+](CCC#N)c(CC)n1CC(=O)O. The molecule has 0 unspecified atom stereocenters. The van der Waals surface area contributed by atoms with Crippen LogP contribution in [0.15, 0.2) is 6.20 Å². The normalized spacial score (nSPS) is 10.4. The zero-order valence-electron chi connectivity index (χ0n) is 11.7. The molecular weight excluding hydrogens is 242 g/mol. The highest BCUT2D eigenvalue weighted by Gasteiger charge is 2.23. The fourth-order valence-electron chi connectivity index (χ4n) is 2.29. The van der Waals surface area contributed by atoms with Crippen molar-refractivity contribution in [2.24, 2.45) is 0 Å². The standard InChI is InChI=1S/C14H21N3O2/c1-3-5-7-12-10-16(9-6-8-15)13(4-2)17(12)11-14(18)19/h10H,3-7,9,11H2,1-2H3/p+1. The minimum atomic E-state index is -0.824. The van der Waals surface area contributed by atoms with Crippen LogP contribution in [0.25, 0.3) is 0 Å². The molecule has 0 radical (unpaired) electrons. The van der Waals surface area contributed by atoms with Gasteiger partial charge in [0.25, 0.3) is 5.82 Å². The van der Waals surface area contributed by atoms with Crippen LogP contribution in [0.1, 0.15) is 44.6 Å². The molecule has 0 bridgehead atoms. The maximum absolute atomic E-state index is 11.0. The Balaban J connectivity index is 3.08. The van der Waals surface area contributed by atoms with Crippen LogP contribution in [-0.4, -0.2) is 15.6 Å². The first kappa shape index (κ1) is 15.2. The number of carboxylic acid groups (broad SMARTS) is 1. The van der Waals surface area contributed by atoms with E-state index in [1.807, 2.05) is 22.3 Å². The first-order chi connectivity index (χ1) is 9.13. The maximum atomic E-state index is 11.0. The Hall–Kier alpha value is -1.83. The van der Waals surface area contributed by atoms with Gasteiger partial charge in [-0.1, -0.05) is 20.3 Å². The zero-order chi connectivity index (χ0) is 14.3. The molecule has 0 aliphatic heterocycles. The summed E-state index contributed by atoms with van der Waals surface area (Å²) >= 11 is 0. The number of carboxylic acids is 1. The van der Waals surface area contributed by atoms with Crippen LogP contribution in [0.3, 0.4) is 0 Å². The zero-order valence-corrected chi connectivity index (χ0v) is 11.7. The van der Waals surface area contributed by atoms with E-state index < -0.39 is 5.97 Å². The Morgan fingerprint density at radius 2 is 2.26 bits per heavy atom. The van der Waals surface area contributed by atoms with Crippen LogP contribution in [0.2, 0.25) is 0 Å². The summed E-state index contributed by atoms with van der Waals surface area (Å²) in [5, 5.41) is 17.7. The van der Waals surface area contributed by atoms with Crippen LogP contribution >= 0.6 is 0 Å². The lowest BCUT2D eigenvalue weighted by Crippen LogP contribution is -2.37. The Labute approximate surface area is 114 Å². The first-order valence-electron chi connectivity index (χ1n) is 6.83. The van der Waals surface area contributed by atoms with Crippen LogP contribution in [0, 0.1) is 11.3 Å². The number of aryl methyl sites for hydroxylation is 2. The van der Waals surface area contributed by atoms with E-state index in [1.165, 1.54) is 0 Å². The van der Waals surface area contributed by atoms with Gasteiger partial charge in [0.2, 0.25) is 0 Å². The minimum Gasteiger partial charge on any atom is -0.478 e. The van der Waals surface area contributed by atoms with Crippen molar-refractivity contribution in [3.05, 3.63) is 17.7 Å². The van der Waals surface area contributed by atoms with E-state index in [1.54, 1.807) is 0 Å². The van der Waals surface area contributed by atoms with Gasteiger partial charge >= 0.3 is 5.97 Å². The Kier molecular flexibility index (Phi) is 6.07. The predicted octanol–water partition coefficient (Wildman–Crippen LogP) is 1.68. The van der Waals surface area contributed by atoms with Gasteiger partial charge in [-0.3, -0.25) is 0 Å². The van der Waals surface area contributed by atoms with Crippen LogP contribution in [0.4, 0.5) is 0 Å². The van der Waals surface area contributed by atoms with Crippen molar-refractivity contribution in [3.63, 3.8) is 0 Å². The molecule has 0 amide bonds. The number of rotatable bonds is 8. The molecule has 0 saturated carbocycles. The molecule has 0 aliphatic carbocycles. The van der Waals surface area contributed by atoms with Gasteiger partial charge in [-0.25, -0.2) is 13.9 Å². The number of aromatic nitrogens is 2. The van der Waals surface area contributed by atoms with Crippen molar-refractivity contribution in [2.45, 2.75) is 59.0 Å². The molecule has 1 aromatic heterocycles. The number of carbonyl (C=O) groups is 1. The number of hydrogen-bond acceptors (Lipinski definition) is 2. The largest absolute Gasteiger partial charge is 0.478 e. The number of hydrogen-bond donors (Lipinski definition) is 1. The molecule has 0 fully saturated rings. The Morgan fingerprint density at radius 3 is 2.79 bits per heavy atom. The second-order valence-electron chi connectivity index (χ2n) is 4.58. The highest BCUT2D eigenvalue weighted by Crippen LogP contribution is 2.09. The Morgan fingerprint density at radius 1 is 1.53 bits per heavy atom. The highest BCUT2D eigenvalue weighted by atomic mass is 16.4. The maximum Gasteiger partial charge on any atom is 0.346 e. The summed E-state index contributed by atoms with van der Waals surface area (Å²) in [6, 6.07) is 2.13. The van der Waals surface area contributed by atoms with E-state index >= 15 is 0 Å². The van der Waals surface area contributed by atoms with Gasteiger partial charge in [0.1, 0.15) is 18.4 Å². The van der Waals surface area contributed by atoms with Crippen LogP contribution in [0.5, 0.6) is 0 Å². The third kappa shape index (κ3) is 4.09. The fourth-order valence-corrected chi connectivity index (χ4v) is 2.29. The summed E-state index contributed by atoms with van der Waals surface area (Å²) in [5.41, 5.74) is 1.05. The van der Waals surface area contributed by atoms with Crippen molar-refractivity contribution in [3.8, 4) is 6.07 Å². The van der Waals surface area contributed by atoms with Gasteiger partial charge in [0.05, 0.1) is 12.5 Å². The topological polar surface area (TPSA) is 69.9 Å². The lowest BCUT2D eigenvalue weighted by atomic mass is 10.2. The summed E-state index contributed by atoms with van der Waals surface area (Å²) in [6.45, 7) is 4.77. The second kappa shape index (κ2) is 7.57. The van der Waals surface area contributed by atoms with Gasteiger partial charge in [-0.05, 0) is 6.42 Å². The van der Waals surface area contributed by atoms with E-state index in [9.17, 15) is 4.79 Å². The lowest BCUT2D eigenvalue weighted by Gasteiger charge is -2.02. The molecule has 1 rings (SSSR count). The average Bonchev–Trinajstić information content (AvgIpc) is 2.70. The van der Waals surface area contributed by atoms with Gasteiger partial charge in [0, 0.05) is 12.8 Å². The molecule has 19 heavy (non-hydrogen) atoms. The molecule has 0 aliphatic rings. The van der Waals surface area contributed by atoms with Crippen molar-refractivity contribution in [1.82, 2.24) is 4.57 Å². The number of nitrogens with zero attached hydrogens (tertiary/aromatic N) is 3. The molecule has 104 valence electrons. The molecule has 1 heterocycles. The highest BCUT2D eigenvalue weighted by molar-refractivity contribution is 5.66. The van der Waals surface area contributed by atoms with Crippen LogP contribution in [-0.2, 0) is 30.7 Å². The molecule has 1 aromatic rings. The molecule has 0 aromatic carbocycles. The molecule has 0 saturated heterocycles. The monoisotopic (exact) mass is 264 g/mol. The van der Waals surface area contributed by atoms with Crippen LogP contribution < -0.4 is 4.57 Å². The molecule has 0 spiro atoms. The average molecular weight is 264 g/mol. The van der Waals surface area contributed by atoms with E-state index in [-0.39, 0.29) is 6.54 Å². The van der Waals surface area contributed by atoms with E-state index in [0.29, 0.717) is 13.0 Å². The third-order valence-corrected chi connectivity index (χ3v) is 3.16. The Bertz CT molecular complexity index is 472. The molecule has 1 N–H and O–H groups in total. The van der Waals surface area contributed by atoms with Crippen molar-refractivity contribution in [2.75, 3.05) is 0 Å². The summed E-state index contributed by atoms with van der Waals surface area (Å²) in [6.07, 6.45) is 6.24. The third-order valence-electron chi connectivity index (χ3n) is 3.16. The van der Waals surface area contributed by atoms with E-state index in [0.717, 1.165) is 37.2 Å². The second-order valence-corrected chi connectivity index (χ2v) is 4.58. The van der Waals surface area contributed by atoms with Gasteiger partial charge in [-0.15, -0.1) is 0 Å². The smallest absolute Gasteiger partial charge is 0.346 e. The minimum absolute atomic E-state index is 0.00176. The number of nitriles is 1.